The highest BCUT2D eigenvalue weighted by molar-refractivity contribution is 7.19. The Morgan fingerprint density at radius 2 is 1.56 bits per heavy atom. The minimum absolute atomic E-state index is 0.414. The van der Waals surface area contributed by atoms with Crippen LogP contribution in [0.15, 0.2) is 0 Å². The van der Waals surface area contributed by atoms with Crippen molar-refractivity contribution < 1.29 is 0 Å². The smallest absolute Gasteiger partial charge is 0.151 e. The van der Waals surface area contributed by atoms with Gasteiger partial charge in [-0.1, -0.05) is 33.9 Å². The van der Waals surface area contributed by atoms with E-state index in [1.54, 1.807) is 0 Å². The van der Waals surface area contributed by atoms with Crippen LogP contribution in [0.4, 0.5) is 0 Å². The summed E-state index contributed by atoms with van der Waals surface area (Å²) in [5.41, 5.74) is 0.414. The molecular weight excluding hydrogens is 148 g/mol. The lowest BCUT2D eigenvalue weighted by Crippen LogP contribution is -2.24. The maximum Gasteiger partial charge on any atom is 0.151 e. The number of rotatable bonds is 1. The molecule has 0 radical (unpaired) electrons. The second-order valence-electron chi connectivity index (χ2n) is 4.46. The Labute approximate surface area is 64.3 Å². The zero-order chi connectivity index (χ0) is 7.71. The van der Waals surface area contributed by atoms with Gasteiger partial charge in [0.05, 0.1) is 0 Å². The molecule has 56 valence electrons. The maximum absolute atomic E-state index is 6.16. The Morgan fingerprint density at radius 3 is 1.56 bits per heavy atom. The first-order valence-electron chi connectivity index (χ1n) is 3.40. The second-order valence-corrected chi connectivity index (χ2v) is 11.3. The SMILES string of the molecule is CC(C)(C)C[Si](C)(C)Cl. The first kappa shape index (κ1) is 9.51. The van der Waals surface area contributed by atoms with Crippen LogP contribution < -0.4 is 0 Å². The van der Waals surface area contributed by atoms with E-state index in [1.165, 1.54) is 6.04 Å². The van der Waals surface area contributed by atoms with Gasteiger partial charge >= 0.3 is 0 Å². The van der Waals surface area contributed by atoms with E-state index < -0.39 is 7.38 Å². The summed E-state index contributed by atoms with van der Waals surface area (Å²) in [4.78, 5) is 0. The van der Waals surface area contributed by atoms with Crippen LogP contribution in [0.25, 0.3) is 0 Å². The standard InChI is InChI=1S/C7H17ClSi/c1-7(2,3)6-9(4,5)8/h6H2,1-5H3. The van der Waals surface area contributed by atoms with Crippen LogP contribution in [-0.2, 0) is 0 Å². The predicted molar refractivity (Wildman–Crippen MR) is 47.6 cm³/mol. The van der Waals surface area contributed by atoms with Crippen molar-refractivity contribution in [1.82, 2.24) is 0 Å². The molecule has 0 heterocycles. The van der Waals surface area contributed by atoms with Crippen molar-refractivity contribution in [2.75, 3.05) is 0 Å². The fourth-order valence-electron chi connectivity index (χ4n) is 1.26. The molecule has 0 rings (SSSR count). The van der Waals surface area contributed by atoms with Gasteiger partial charge in [-0.3, -0.25) is 0 Å². The molecule has 9 heavy (non-hydrogen) atoms. The zero-order valence-corrected chi connectivity index (χ0v) is 8.84. The molecule has 0 aromatic carbocycles. The Bertz CT molecular complexity index is 74.1. The highest BCUT2D eigenvalue weighted by Gasteiger charge is 2.24. The predicted octanol–water partition coefficient (Wildman–Crippen LogP) is 3.48. The second kappa shape index (κ2) is 2.63. The molecule has 0 amide bonds. The average Bonchev–Trinajstić information content (AvgIpc) is 1.14. The summed E-state index contributed by atoms with van der Waals surface area (Å²) in [6.45, 7) is 11.1. The highest BCUT2D eigenvalue weighted by atomic mass is 35.6. The molecule has 0 unspecified atom stereocenters. The van der Waals surface area contributed by atoms with Gasteiger partial charge in [-0.2, -0.15) is 11.1 Å². The molecule has 0 saturated carbocycles. The van der Waals surface area contributed by atoms with E-state index in [2.05, 4.69) is 33.9 Å². The summed E-state index contributed by atoms with van der Waals surface area (Å²) in [6.07, 6.45) is 0. The molecule has 0 saturated heterocycles. The molecule has 0 aliphatic heterocycles. The Morgan fingerprint density at radius 1 is 1.22 bits per heavy atom. The fourth-order valence-corrected chi connectivity index (χ4v) is 4.99. The number of hydrogen-bond donors (Lipinski definition) is 0. The van der Waals surface area contributed by atoms with E-state index in [1.807, 2.05) is 0 Å². The van der Waals surface area contributed by atoms with Crippen LogP contribution in [0, 0.1) is 5.41 Å². The van der Waals surface area contributed by atoms with Gasteiger partial charge in [-0.25, -0.2) is 0 Å². The molecule has 0 aliphatic carbocycles. The van der Waals surface area contributed by atoms with Gasteiger partial charge in [0, 0.05) is 0 Å². The van der Waals surface area contributed by atoms with Crippen LogP contribution in [0.5, 0.6) is 0 Å². The van der Waals surface area contributed by atoms with Crippen molar-refractivity contribution in [3.8, 4) is 0 Å². The van der Waals surface area contributed by atoms with Crippen LogP contribution in [0.3, 0.4) is 0 Å². The molecule has 2 heteroatoms. The fraction of sp³-hybridized carbons (Fsp3) is 1.00. The lowest BCUT2D eigenvalue weighted by atomic mass is 10.0. The first-order valence-corrected chi connectivity index (χ1v) is 7.62. The van der Waals surface area contributed by atoms with Crippen LogP contribution in [-0.4, -0.2) is 7.38 Å². The Balaban J connectivity index is 3.75. The van der Waals surface area contributed by atoms with Gasteiger partial charge in [0.1, 0.15) is 0 Å². The molecule has 0 aromatic heterocycles. The average molecular weight is 165 g/mol. The Hall–Kier alpha value is 0.507. The number of hydrogen-bond acceptors (Lipinski definition) is 0. The highest BCUT2D eigenvalue weighted by Crippen LogP contribution is 2.29. The van der Waals surface area contributed by atoms with Crippen LogP contribution in [0.1, 0.15) is 20.8 Å². The molecule has 0 spiro atoms. The third kappa shape index (κ3) is 8.51. The third-order valence-electron chi connectivity index (χ3n) is 0.951. The summed E-state index contributed by atoms with van der Waals surface area (Å²) < 4.78 is 0. The van der Waals surface area contributed by atoms with Gasteiger partial charge in [0.2, 0.25) is 0 Å². The normalized spacial score (nSPS) is 14.0. The number of halogens is 1. The van der Waals surface area contributed by atoms with Crippen molar-refractivity contribution in [2.24, 2.45) is 5.41 Å². The van der Waals surface area contributed by atoms with E-state index in [0.717, 1.165) is 0 Å². The largest absolute Gasteiger partial charge is 0.168 e. The van der Waals surface area contributed by atoms with Gasteiger partial charge in [-0.05, 0) is 11.5 Å². The van der Waals surface area contributed by atoms with E-state index in [4.69, 9.17) is 11.1 Å². The summed E-state index contributed by atoms with van der Waals surface area (Å²) >= 11 is 6.16. The molecule has 0 bridgehead atoms. The topological polar surface area (TPSA) is 0 Å². The monoisotopic (exact) mass is 164 g/mol. The molecular formula is C7H17ClSi. The molecule has 0 aliphatic rings. The summed E-state index contributed by atoms with van der Waals surface area (Å²) in [6, 6.07) is 1.20. The quantitative estimate of drug-likeness (QED) is 0.411. The lowest BCUT2D eigenvalue weighted by molar-refractivity contribution is 0.463. The van der Waals surface area contributed by atoms with Crippen molar-refractivity contribution >= 4 is 18.5 Å². The van der Waals surface area contributed by atoms with Crippen molar-refractivity contribution in [1.29, 1.82) is 0 Å². The minimum atomic E-state index is -1.32. The van der Waals surface area contributed by atoms with Gasteiger partial charge in [0.25, 0.3) is 0 Å². The van der Waals surface area contributed by atoms with E-state index >= 15 is 0 Å². The summed E-state index contributed by atoms with van der Waals surface area (Å²) in [5.74, 6) is 0. The van der Waals surface area contributed by atoms with E-state index in [-0.39, 0.29) is 0 Å². The minimum Gasteiger partial charge on any atom is -0.168 e. The molecule has 0 nitrogen and oxygen atoms in total. The molecule has 0 fully saturated rings. The van der Waals surface area contributed by atoms with Crippen LogP contribution in [0.2, 0.25) is 19.1 Å². The van der Waals surface area contributed by atoms with Crippen LogP contribution >= 0.6 is 11.1 Å². The van der Waals surface area contributed by atoms with E-state index in [9.17, 15) is 0 Å². The lowest BCUT2D eigenvalue weighted by Gasteiger charge is -2.24. The van der Waals surface area contributed by atoms with Crippen molar-refractivity contribution in [3.05, 3.63) is 0 Å². The molecule has 0 N–H and O–H groups in total. The van der Waals surface area contributed by atoms with Crippen molar-refractivity contribution in [3.63, 3.8) is 0 Å². The third-order valence-corrected chi connectivity index (χ3v) is 3.25. The summed E-state index contributed by atoms with van der Waals surface area (Å²) in [7, 11) is -1.32. The van der Waals surface area contributed by atoms with Gasteiger partial charge in [0.15, 0.2) is 7.38 Å². The Kier molecular flexibility index (Phi) is 2.78. The molecule has 0 aromatic rings. The van der Waals surface area contributed by atoms with Gasteiger partial charge < -0.3 is 0 Å². The molecule has 0 atom stereocenters. The van der Waals surface area contributed by atoms with E-state index in [0.29, 0.717) is 5.41 Å². The maximum atomic E-state index is 6.16. The zero-order valence-electron chi connectivity index (χ0n) is 7.09. The first-order chi connectivity index (χ1) is 3.71. The summed E-state index contributed by atoms with van der Waals surface area (Å²) in [5, 5.41) is 0. The van der Waals surface area contributed by atoms with Gasteiger partial charge in [-0.15, -0.1) is 0 Å². The van der Waals surface area contributed by atoms with Crippen molar-refractivity contribution in [2.45, 2.75) is 39.9 Å².